The van der Waals surface area contributed by atoms with Crippen LogP contribution in [-0.4, -0.2) is 46.8 Å². The van der Waals surface area contributed by atoms with Crippen molar-refractivity contribution >= 4 is 29.1 Å². The Hall–Kier alpha value is -1.24. The molecule has 0 radical (unpaired) electrons. The average molecular weight is 352 g/mol. The molecule has 0 amide bonds. The summed E-state index contributed by atoms with van der Waals surface area (Å²) in [6, 6.07) is 3.84. The Bertz CT molecular complexity index is 636. The first kappa shape index (κ1) is 16.6. The van der Waals surface area contributed by atoms with E-state index in [1.807, 2.05) is 18.3 Å². The Labute approximate surface area is 146 Å². The molecule has 1 saturated carbocycles. The predicted molar refractivity (Wildman–Crippen MR) is 95.3 cm³/mol. The topological polar surface area (TPSA) is 43.2 Å². The summed E-state index contributed by atoms with van der Waals surface area (Å²) in [6.07, 6.45) is 10.6. The zero-order valence-corrected chi connectivity index (χ0v) is 14.6. The molecule has 2 atom stereocenters. The minimum absolute atomic E-state index is 0.504. The van der Waals surface area contributed by atoms with E-state index in [0.717, 1.165) is 24.5 Å². The molecule has 3 rings (SSSR count). The van der Waals surface area contributed by atoms with Crippen LogP contribution in [0, 0.1) is 12.2 Å². The summed E-state index contributed by atoms with van der Waals surface area (Å²) in [5.41, 5.74) is 1.83. The Kier molecular flexibility index (Phi) is 5.46. The zero-order chi connectivity index (χ0) is 16.2. The van der Waals surface area contributed by atoms with Gasteiger partial charge in [-0.2, -0.15) is 5.10 Å². The van der Waals surface area contributed by atoms with E-state index in [9.17, 15) is 0 Å². The third-order valence-corrected chi connectivity index (χ3v) is 5.27. The highest BCUT2D eigenvalue weighted by molar-refractivity contribution is 8.01. The second-order valence-corrected chi connectivity index (χ2v) is 6.90. The molecule has 5 nitrogen and oxygen atoms in total. The Morgan fingerprint density at radius 2 is 2.43 bits per heavy atom. The number of nitrogens with zero attached hydrogens (tertiary/aromatic N) is 4. The van der Waals surface area contributed by atoms with Crippen LogP contribution in [0.3, 0.4) is 0 Å². The van der Waals surface area contributed by atoms with Gasteiger partial charge in [0.25, 0.3) is 0 Å². The molecule has 1 aliphatic carbocycles. The SMILES string of the molecule is [CH2-]SC1CC1CN(CCOC)c1cn(-c2cccnc2)nc1Cl. The molecule has 1 aliphatic rings. The van der Waals surface area contributed by atoms with Gasteiger partial charge in [-0.3, -0.25) is 11.2 Å². The fourth-order valence-corrected chi connectivity index (χ4v) is 3.58. The molecule has 124 valence electrons. The number of anilines is 1. The Balaban J connectivity index is 1.79. The van der Waals surface area contributed by atoms with Crippen molar-refractivity contribution in [1.29, 1.82) is 0 Å². The summed E-state index contributed by atoms with van der Waals surface area (Å²) in [6.45, 7) is 2.40. The molecule has 0 saturated heterocycles. The van der Waals surface area contributed by atoms with Gasteiger partial charge in [0.05, 0.1) is 30.4 Å². The highest BCUT2D eigenvalue weighted by atomic mass is 35.5. The van der Waals surface area contributed by atoms with Gasteiger partial charge in [-0.1, -0.05) is 11.6 Å². The van der Waals surface area contributed by atoms with Crippen LogP contribution in [-0.2, 0) is 4.74 Å². The van der Waals surface area contributed by atoms with Crippen molar-refractivity contribution in [3.63, 3.8) is 0 Å². The summed E-state index contributed by atoms with van der Waals surface area (Å²) >= 11 is 8.09. The molecule has 0 N–H and O–H groups in total. The molecule has 2 aromatic heterocycles. The smallest absolute Gasteiger partial charge is 0.174 e. The van der Waals surface area contributed by atoms with Gasteiger partial charge in [-0.15, -0.1) is 0 Å². The highest BCUT2D eigenvalue weighted by Gasteiger charge is 2.35. The fourth-order valence-electron chi connectivity index (χ4n) is 2.59. The van der Waals surface area contributed by atoms with Crippen molar-refractivity contribution in [2.45, 2.75) is 11.7 Å². The van der Waals surface area contributed by atoms with Crippen molar-refractivity contribution in [3.05, 3.63) is 42.1 Å². The molecular weight excluding hydrogens is 332 g/mol. The molecule has 2 unspecified atom stereocenters. The second-order valence-electron chi connectivity index (χ2n) is 5.60. The lowest BCUT2D eigenvalue weighted by atomic mass is 10.3. The first-order chi connectivity index (χ1) is 11.2. The normalized spacial score (nSPS) is 19.8. The van der Waals surface area contributed by atoms with Crippen LogP contribution >= 0.6 is 23.4 Å². The molecule has 0 aliphatic heterocycles. The maximum Gasteiger partial charge on any atom is 0.174 e. The average Bonchev–Trinajstić information content (AvgIpc) is 3.23. The monoisotopic (exact) mass is 351 g/mol. The van der Waals surface area contributed by atoms with Crippen molar-refractivity contribution in [2.24, 2.45) is 5.92 Å². The van der Waals surface area contributed by atoms with Gasteiger partial charge in [0.1, 0.15) is 0 Å². The van der Waals surface area contributed by atoms with Crippen LogP contribution in [0.5, 0.6) is 0 Å². The lowest BCUT2D eigenvalue weighted by Gasteiger charge is -2.23. The number of pyridine rings is 1. The van der Waals surface area contributed by atoms with Crippen molar-refractivity contribution in [2.75, 3.05) is 31.7 Å². The number of aromatic nitrogens is 3. The van der Waals surface area contributed by atoms with Crippen LogP contribution in [0.25, 0.3) is 5.69 Å². The number of halogens is 1. The first-order valence-corrected chi connectivity index (χ1v) is 8.96. The molecule has 1 fully saturated rings. The van der Waals surface area contributed by atoms with Crippen LogP contribution in [0.2, 0.25) is 5.15 Å². The summed E-state index contributed by atoms with van der Waals surface area (Å²) in [5.74, 6) is 0.659. The zero-order valence-electron chi connectivity index (χ0n) is 13.1. The van der Waals surface area contributed by atoms with Gasteiger partial charge in [-0.05, 0) is 29.7 Å². The van der Waals surface area contributed by atoms with Gasteiger partial charge in [-0.25, -0.2) is 4.68 Å². The molecule has 23 heavy (non-hydrogen) atoms. The lowest BCUT2D eigenvalue weighted by Crippen LogP contribution is -2.29. The Morgan fingerprint density at radius 3 is 3.09 bits per heavy atom. The molecular formula is C16H20ClN4OS-. The maximum atomic E-state index is 6.39. The number of hydrogen-bond acceptors (Lipinski definition) is 5. The van der Waals surface area contributed by atoms with E-state index in [1.165, 1.54) is 6.42 Å². The number of hydrogen-bond donors (Lipinski definition) is 0. The van der Waals surface area contributed by atoms with E-state index in [4.69, 9.17) is 16.3 Å². The largest absolute Gasteiger partial charge is 0.383 e. The molecule has 0 bridgehead atoms. The standard InChI is InChI=1S/C16H20ClN4OS/c1-22-7-6-20(10-12-8-15(12)23-2)14-11-21(19-16(14)17)13-4-3-5-18-9-13/h3-5,9,11-12,15H,2,6-8,10H2,1H3/q-1. The number of rotatable bonds is 8. The highest BCUT2D eigenvalue weighted by Crippen LogP contribution is 2.42. The predicted octanol–water partition coefficient (Wildman–Crippen LogP) is 3.29. The number of methoxy groups -OCH3 is 1. The molecule has 0 aromatic carbocycles. The van der Waals surface area contributed by atoms with E-state index in [0.29, 0.717) is 22.9 Å². The van der Waals surface area contributed by atoms with Gasteiger partial charge < -0.3 is 21.4 Å². The van der Waals surface area contributed by atoms with E-state index in [-0.39, 0.29) is 0 Å². The van der Waals surface area contributed by atoms with E-state index in [1.54, 1.807) is 35.9 Å². The number of ether oxygens (including phenoxy) is 1. The number of thioether (sulfide) groups is 1. The van der Waals surface area contributed by atoms with Crippen LogP contribution in [0.15, 0.2) is 30.7 Å². The molecule has 0 spiro atoms. The minimum Gasteiger partial charge on any atom is -0.383 e. The maximum absolute atomic E-state index is 6.39. The van der Waals surface area contributed by atoms with E-state index >= 15 is 0 Å². The summed E-state index contributed by atoms with van der Waals surface area (Å²) < 4.78 is 7.01. The van der Waals surface area contributed by atoms with Crippen molar-refractivity contribution in [1.82, 2.24) is 14.8 Å². The lowest BCUT2D eigenvalue weighted by molar-refractivity contribution is 0.205. The molecule has 2 heterocycles. The Morgan fingerprint density at radius 1 is 1.57 bits per heavy atom. The van der Waals surface area contributed by atoms with Gasteiger partial charge in [0.15, 0.2) is 5.15 Å². The summed E-state index contributed by atoms with van der Waals surface area (Å²) in [7, 11) is 1.71. The second kappa shape index (κ2) is 7.55. The molecule has 7 heteroatoms. The third-order valence-electron chi connectivity index (χ3n) is 3.99. The van der Waals surface area contributed by atoms with E-state index in [2.05, 4.69) is 21.2 Å². The summed E-state index contributed by atoms with van der Waals surface area (Å²) in [4.78, 5) is 6.38. The van der Waals surface area contributed by atoms with Crippen LogP contribution in [0.1, 0.15) is 6.42 Å². The fraction of sp³-hybridized carbons (Fsp3) is 0.438. The minimum atomic E-state index is 0.504. The quantitative estimate of drug-likeness (QED) is 0.683. The first-order valence-electron chi connectivity index (χ1n) is 7.53. The van der Waals surface area contributed by atoms with Gasteiger partial charge in [0.2, 0.25) is 0 Å². The van der Waals surface area contributed by atoms with Gasteiger partial charge in [0, 0.05) is 26.4 Å². The summed E-state index contributed by atoms with van der Waals surface area (Å²) in [5, 5.41) is 5.58. The van der Waals surface area contributed by atoms with Crippen LogP contribution in [0.4, 0.5) is 5.69 Å². The third kappa shape index (κ3) is 4.00. The van der Waals surface area contributed by atoms with Crippen molar-refractivity contribution < 1.29 is 4.74 Å². The van der Waals surface area contributed by atoms with Crippen molar-refractivity contribution in [3.8, 4) is 5.69 Å². The van der Waals surface area contributed by atoms with E-state index < -0.39 is 0 Å². The molecule has 2 aromatic rings. The van der Waals surface area contributed by atoms with Gasteiger partial charge >= 0.3 is 0 Å². The van der Waals surface area contributed by atoms with Crippen LogP contribution < -0.4 is 4.90 Å².